The average Bonchev–Trinajstić information content (AvgIpc) is 3.02. The highest BCUT2D eigenvalue weighted by Gasteiger charge is 2.69. The highest BCUT2D eigenvalue weighted by molar-refractivity contribution is 7.67. The normalized spacial score (nSPS) is 15.0. The number of benzene rings is 2. The van der Waals surface area contributed by atoms with Crippen LogP contribution in [0.25, 0.3) is 21.9 Å². The van der Waals surface area contributed by atoms with Crippen LogP contribution in [0.2, 0.25) is 187 Å². The van der Waals surface area contributed by atoms with E-state index in [9.17, 15) is 0 Å². The molecule has 0 saturated carbocycles. The summed E-state index contributed by atoms with van der Waals surface area (Å²) < 4.78 is 0. The van der Waals surface area contributed by atoms with Gasteiger partial charge in [0, 0.05) is 79.4 Å². The van der Waals surface area contributed by atoms with Crippen molar-refractivity contribution in [2.24, 2.45) is 0 Å². The quantitative estimate of drug-likeness (QED) is 0.111. The molecule has 0 nitrogen and oxygen atoms in total. The van der Waals surface area contributed by atoms with Crippen LogP contribution in [-0.4, -0.2) is 94.6 Å². The monoisotopic (exact) mass is 1040 g/mol. The first-order valence-electron chi connectivity index (χ1n) is 24.8. The molecule has 0 N–H and O–H groups in total. The van der Waals surface area contributed by atoms with E-state index in [1.54, 1.807) is 11.1 Å². The van der Waals surface area contributed by atoms with Gasteiger partial charge >= 0.3 is 0 Å². The van der Waals surface area contributed by atoms with Gasteiger partial charge in [-0.15, -0.1) is 0 Å². The maximum Gasteiger partial charge on any atom is 0.0634 e. The number of rotatable bonds is 18. The van der Waals surface area contributed by atoms with E-state index < -0.39 is 94.6 Å². The Morgan fingerprint density at radius 2 is 0.581 bits per heavy atom. The van der Waals surface area contributed by atoms with Crippen molar-refractivity contribution in [1.82, 2.24) is 0 Å². The summed E-state index contributed by atoms with van der Waals surface area (Å²) >= 11 is 0. The molecule has 0 fully saturated rings. The molecule has 350 valence electrons. The smallest absolute Gasteiger partial charge is 0.0634 e. The summed E-state index contributed by atoms with van der Waals surface area (Å²) in [5, 5.41) is 1.95. The van der Waals surface area contributed by atoms with Gasteiger partial charge in [-0.05, 0) is 21.9 Å². The molecule has 0 saturated heterocycles. The second-order valence-electron chi connectivity index (χ2n) is 29.5. The lowest BCUT2D eigenvalue weighted by molar-refractivity contribution is 0.987. The van der Waals surface area contributed by atoms with E-state index in [0.717, 1.165) is 30.2 Å². The molecule has 0 aliphatic carbocycles. The van der Waals surface area contributed by atoms with Gasteiger partial charge in [0.25, 0.3) is 0 Å². The predicted octanol–water partition coefficient (Wildman–Crippen LogP) is 18.0. The van der Waals surface area contributed by atoms with E-state index in [1.807, 2.05) is 5.17 Å². The third-order valence-electron chi connectivity index (χ3n) is 15.0. The van der Waals surface area contributed by atoms with E-state index >= 15 is 0 Å². The lowest BCUT2D eigenvalue weighted by Gasteiger charge is -2.66. The summed E-state index contributed by atoms with van der Waals surface area (Å²) in [6.45, 7) is 81.4. The third-order valence-corrected chi connectivity index (χ3v) is 131. The zero-order valence-electron chi connectivity index (χ0n) is 46.4. The summed E-state index contributed by atoms with van der Waals surface area (Å²) in [5.41, 5.74) is 9.62. The molecule has 1 heterocycles. The summed E-state index contributed by atoms with van der Waals surface area (Å²) in [4.78, 5) is 3.92. The first-order valence-corrected chi connectivity index (χ1v) is 64.0. The van der Waals surface area contributed by atoms with Crippen molar-refractivity contribution >= 4 is 94.6 Å². The van der Waals surface area contributed by atoms with E-state index in [0.29, 0.717) is 0 Å². The molecule has 0 bridgehead atoms. The molecule has 0 atom stereocenters. The fourth-order valence-electron chi connectivity index (χ4n) is 16.9. The van der Waals surface area contributed by atoms with Crippen LogP contribution in [0, 0.1) is 0 Å². The van der Waals surface area contributed by atoms with Gasteiger partial charge in [-0.3, -0.25) is 0 Å². The van der Waals surface area contributed by atoms with Gasteiger partial charge in [-0.1, -0.05) is 287 Å². The van der Waals surface area contributed by atoms with Crippen molar-refractivity contribution in [2.45, 2.75) is 215 Å². The van der Waals surface area contributed by atoms with Crippen LogP contribution in [0.3, 0.4) is 0 Å². The second kappa shape index (κ2) is 19.1. The molecule has 62 heavy (non-hydrogen) atoms. The molecular formula is C50H102Si12. The Balaban J connectivity index is 3.36. The largest absolute Gasteiger partial charge is 0.0766 e. The van der Waals surface area contributed by atoms with Crippen LogP contribution < -0.4 is 0 Å². The fraction of sp³-hybridized carbons (Fsp3) is 0.680. The molecule has 0 radical (unpaired) electrons. The van der Waals surface area contributed by atoms with E-state index in [2.05, 4.69) is 257 Å². The van der Waals surface area contributed by atoms with Crippen LogP contribution in [0.4, 0.5) is 0 Å². The van der Waals surface area contributed by atoms with Gasteiger partial charge in [0.1, 0.15) is 0 Å². The maximum atomic E-state index is 3.33. The van der Waals surface area contributed by atoms with Gasteiger partial charge in [-0.25, -0.2) is 0 Å². The van der Waals surface area contributed by atoms with Gasteiger partial charge in [0.2, 0.25) is 0 Å². The minimum atomic E-state index is -2.32. The fourth-order valence-corrected chi connectivity index (χ4v) is 229. The highest BCUT2D eigenvalue weighted by Crippen LogP contribution is 2.61. The zero-order chi connectivity index (χ0) is 48.4. The van der Waals surface area contributed by atoms with Gasteiger partial charge in [0.15, 0.2) is 0 Å². The van der Waals surface area contributed by atoms with E-state index in [4.69, 9.17) is 0 Å². The molecule has 0 spiro atoms. The van der Waals surface area contributed by atoms with Gasteiger partial charge in [-0.2, -0.15) is 0 Å². The molecular weight excluding hydrogens is 938 g/mol. The molecule has 12 heteroatoms. The molecule has 0 aliphatic rings. The molecule has 0 aliphatic heterocycles. The lowest BCUT2D eigenvalue weighted by atomic mass is 10.1. The van der Waals surface area contributed by atoms with Crippen LogP contribution in [-0.2, 0) is 0 Å². The maximum absolute atomic E-state index is 3.33. The van der Waals surface area contributed by atoms with Gasteiger partial charge < -0.3 is 0 Å². The van der Waals surface area contributed by atoms with Gasteiger partial charge in [0.05, 0.1) is 15.2 Å². The first kappa shape index (κ1) is 56.8. The molecule has 0 amide bonds. The van der Waals surface area contributed by atoms with E-state index in [1.165, 1.54) is 5.56 Å². The third kappa shape index (κ3) is 11.5. The highest BCUT2D eigenvalue weighted by atomic mass is 29.7. The Morgan fingerprint density at radius 1 is 0.323 bits per heavy atom. The number of hydrogen-bond donors (Lipinski definition) is 0. The van der Waals surface area contributed by atoms with Crippen molar-refractivity contribution < 1.29 is 0 Å². The Hall–Kier alpha value is 0.523. The topological polar surface area (TPSA) is 0 Å². The van der Waals surface area contributed by atoms with Crippen molar-refractivity contribution in [2.75, 3.05) is 0 Å². The van der Waals surface area contributed by atoms with E-state index in [-0.39, 0.29) is 0 Å². The summed E-state index contributed by atoms with van der Waals surface area (Å²) in [6.07, 6.45) is 0. The van der Waals surface area contributed by atoms with Crippen LogP contribution in [0.15, 0.2) is 72.4 Å². The molecule has 3 aromatic rings. The number of hydrogen-bond acceptors (Lipinski definition) is 0. The zero-order valence-corrected chi connectivity index (χ0v) is 58.4. The van der Waals surface area contributed by atoms with Crippen molar-refractivity contribution in [3.63, 3.8) is 0 Å². The van der Waals surface area contributed by atoms with Crippen LogP contribution in [0.5, 0.6) is 0 Å². The molecule has 0 unspecified atom stereocenters. The minimum Gasteiger partial charge on any atom is -0.0766 e. The second-order valence-corrected chi connectivity index (χ2v) is 104. The SMILES string of the molecule is CC(C)[Si](C([Si](C)(C)C)[Si](C)(C)C)(C([Si](C)(C)C)[Si](C)(C)C)[si]1cc(-c2ccccc2)cc(-c2ccccc2)[si]1[Si](C(C)C)(C([Si](C)(C)C)[Si](C)(C)C)C([Si](C)(C)C)[Si](C)(C)C. The predicted molar refractivity (Wildman–Crippen MR) is 323 cm³/mol. The Bertz CT molecular complexity index is 1820. The summed E-state index contributed by atoms with van der Waals surface area (Å²) in [6, 6.07) is 27.3. The average molecular weight is 1040 g/mol. The standard InChI is InChI=1S/C50H102Si12/c1-41(2)61(47(53(5,6)7)54(8,9)10,48(55(11,12)13)56(14,15)16)51-40-45(43-35-31-29-32-36-43)39-46(44-37-33-30-34-38-44)52(51)62(42(3)4,49(57(17,18)19)58(20,21)22)50(59(23,24)25)60(26,27)28/h29-42,47-50H,1-28H3. The molecule has 3 rings (SSSR count). The van der Waals surface area contributed by atoms with Crippen LogP contribution >= 0.6 is 0 Å². The van der Waals surface area contributed by atoms with Crippen molar-refractivity contribution in [1.29, 1.82) is 0 Å². The van der Waals surface area contributed by atoms with Crippen molar-refractivity contribution in [3.8, 4) is 21.9 Å². The minimum absolute atomic E-state index is 0.773. The molecule has 2 aromatic carbocycles. The summed E-state index contributed by atoms with van der Waals surface area (Å²) in [5.74, 6) is 0. The summed E-state index contributed by atoms with van der Waals surface area (Å²) in [7, 11) is -20.8. The lowest BCUT2D eigenvalue weighted by Crippen LogP contribution is -2.80. The van der Waals surface area contributed by atoms with Crippen molar-refractivity contribution in [3.05, 3.63) is 72.4 Å². The molecule has 1 aromatic heterocycles. The Kier molecular flexibility index (Phi) is 17.5. The Morgan fingerprint density at radius 3 is 0.839 bits per heavy atom. The Labute approximate surface area is 400 Å². The first-order chi connectivity index (χ1) is 27.5. The van der Waals surface area contributed by atoms with Crippen LogP contribution in [0.1, 0.15) is 27.7 Å².